The van der Waals surface area contributed by atoms with Crippen LogP contribution in [0.3, 0.4) is 0 Å². The van der Waals surface area contributed by atoms with Gasteiger partial charge >= 0.3 is 0 Å². The molecule has 0 heterocycles. The minimum Gasteiger partial charge on any atom is -0.372 e. The van der Waals surface area contributed by atoms with Crippen molar-refractivity contribution in [3.05, 3.63) is 29.8 Å². The highest BCUT2D eigenvalue weighted by atomic mass is 16.1. The summed E-state index contributed by atoms with van der Waals surface area (Å²) < 4.78 is 0. The van der Waals surface area contributed by atoms with Gasteiger partial charge in [-0.1, -0.05) is 6.92 Å². The van der Waals surface area contributed by atoms with Gasteiger partial charge in [0.2, 0.25) is 0 Å². The molecule has 1 atom stereocenters. The fraction of sp³-hybridized carbons (Fsp3) is 0.462. The molecule has 0 aliphatic carbocycles. The van der Waals surface area contributed by atoms with Gasteiger partial charge in [0.25, 0.3) is 5.91 Å². The van der Waals surface area contributed by atoms with Crippen LogP contribution in [0.2, 0.25) is 0 Å². The zero-order valence-electron chi connectivity index (χ0n) is 10.4. The first-order valence-corrected chi connectivity index (χ1v) is 5.65. The summed E-state index contributed by atoms with van der Waals surface area (Å²) in [5.41, 5.74) is 1.84. The van der Waals surface area contributed by atoms with Crippen LogP contribution in [-0.2, 0) is 0 Å². The van der Waals surface area contributed by atoms with Crippen LogP contribution in [-0.4, -0.2) is 26.0 Å². The summed E-state index contributed by atoms with van der Waals surface area (Å²) in [5.74, 6) is -0.0438. The molecule has 0 spiro atoms. The van der Waals surface area contributed by atoms with Gasteiger partial charge in [0.15, 0.2) is 0 Å². The molecule has 0 saturated carbocycles. The number of carbonyl (C=O) groups is 1. The maximum Gasteiger partial charge on any atom is 0.251 e. The normalized spacial score (nSPS) is 12.0. The SMILES string of the molecule is CCC(C)N(C)c1ccc(C(=O)NC)cc1. The topological polar surface area (TPSA) is 32.3 Å². The number of benzene rings is 1. The molecule has 0 aliphatic heterocycles. The Kier molecular flexibility index (Phi) is 4.35. The number of carbonyl (C=O) groups excluding carboxylic acids is 1. The van der Waals surface area contributed by atoms with Crippen molar-refractivity contribution in [2.75, 3.05) is 19.0 Å². The molecule has 0 fully saturated rings. The second-order valence-electron chi connectivity index (χ2n) is 3.99. The van der Waals surface area contributed by atoms with Crippen molar-refractivity contribution in [1.29, 1.82) is 0 Å². The third kappa shape index (κ3) is 2.75. The van der Waals surface area contributed by atoms with Crippen molar-refractivity contribution in [1.82, 2.24) is 5.32 Å². The highest BCUT2D eigenvalue weighted by Crippen LogP contribution is 2.17. The molecule has 1 amide bonds. The van der Waals surface area contributed by atoms with Gasteiger partial charge in [-0.3, -0.25) is 4.79 Å². The third-order valence-electron chi connectivity index (χ3n) is 3.02. The van der Waals surface area contributed by atoms with Crippen molar-refractivity contribution >= 4 is 11.6 Å². The van der Waals surface area contributed by atoms with Crippen molar-refractivity contribution < 1.29 is 4.79 Å². The van der Waals surface area contributed by atoms with E-state index in [0.717, 1.165) is 12.1 Å². The molecule has 0 radical (unpaired) electrons. The quantitative estimate of drug-likeness (QED) is 0.844. The first-order chi connectivity index (χ1) is 7.60. The number of hydrogen-bond acceptors (Lipinski definition) is 2. The average Bonchev–Trinajstić information content (AvgIpc) is 2.36. The molecule has 1 rings (SSSR count). The third-order valence-corrected chi connectivity index (χ3v) is 3.02. The first-order valence-electron chi connectivity index (χ1n) is 5.65. The van der Waals surface area contributed by atoms with Crippen LogP contribution in [0.1, 0.15) is 30.6 Å². The average molecular weight is 220 g/mol. The summed E-state index contributed by atoms with van der Waals surface area (Å²) in [6.07, 6.45) is 1.10. The van der Waals surface area contributed by atoms with Gasteiger partial charge in [-0.2, -0.15) is 0 Å². The summed E-state index contributed by atoms with van der Waals surface area (Å²) in [4.78, 5) is 13.6. The Balaban J connectivity index is 2.82. The Hall–Kier alpha value is -1.51. The Labute approximate surface area is 97.5 Å². The van der Waals surface area contributed by atoms with E-state index in [9.17, 15) is 4.79 Å². The smallest absolute Gasteiger partial charge is 0.251 e. The van der Waals surface area contributed by atoms with E-state index in [0.29, 0.717) is 11.6 Å². The van der Waals surface area contributed by atoms with Crippen LogP contribution in [0, 0.1) is 0 Å². The molecule has 0 bridgehead atoms. The first kappa shape index (κ1) is 12.6. The van der Waals surface area contributed by atoms with E-state index >= 15 is 0 Å². The van der Waals surface area contributed by atoms with Gasteiger partial charge in [-0.25, -0.2) is 0 Å². The van der Waals surface area contributed by atoms with Crippen molar-refractivity contribution in [2.45, 2.75) is 26.3 Å². The highest BCUT2D eigenvalue weighted by molar-refractivity contribution is 5.94. The van der Waals surface area contributed by atoms with Gasteiger partial charge < -0.3 is 10.2 Å². The minimum absolute atomic E-state index is 0.0438. The molecule has 88 valence electrons. The van der Waals surface area contributed by atoms with Gasteiger partial charge in [0.1, 0.15) is 0 Å². The predicted molar refractivity (Wildman–Crippen MR) is 68.0 cm³/mol. The fourth-order valence-electron chi connectivity index (χ4n) is 1.52. The fourth-order valence-corrected chi connectivity index (χ4v) is 1.52. The van der Waals surface area contributed by atoms with Crippen LogP contribution in [0.4, 0.5) is 5.69 Å². The Morgan fingerprint density at radius 1 is 1.38 bits per heavy atom. The lowest BCUT2D eigenvalue weighted by molar-refractivity contribution is 0.0963. The van der Waals surface area contributed by atoms with Crippen molar-refractivity contribution in [3.63, 3.8) is 0 Å². The number of rotatable bonds is 4. The number of anilines is 1. The maximum absolute atomic E-state index is 11.4. The van der Waals surface area contributed by atoms with Crippen LogP contribution >= 0.6 is 0 Å². The molecule has 0 aromatic heterocycles. The van der Waals surface area contributed by atoms with E-state index < -0.39 is 0 Å². The molecule has 0 saturated heterocycles. The number of nitrogens with zero attached hydrogens (tertiary/aromatic N) is 1. The highest BCUT2D eigenvalue weighted by Gasteiger charge is 2.08. The summed E-state index contributed by atoms with van der Waals surface area (Å²) in [6, 6.07) is 8.18. The number of amides is 1. The second-order valence-corrected chi connectivity index (χ2v) is 3.99. The van der Waals surface area contributed by atoms with Gasteiger partial charge in [-0.05, 0) is 37.6 Å². The van der Waals surface area contributed by atoms with E-state index in [1.165, 1.54) is 0 Å². The van der Waals surface area contributed by atoms with Crippen LogP contribution in [0.25, 0.3) is 0 Å². The summed E-state index contributed by atoms with van der Waals surface area (Å²) in [7, 11) is 3.71. The molecule has 1 aromatic carbocycles. The molecule has 1 N–H and O–H groups in total. The largest absolute Gasteiger partial charge is 0.372 e. The lowest BCUT2D eigenvalue weighted by Crippen LogP contribution is -2.28. The number of nitrogens with one attached hydrogen (secondary N) is 1. The van der Waals surface area contributed by atoms with E-state index in [-0.39, 0.29) is 5.91 Å². The van der Waals surface area contributed by atoms with E-state index in [2.05, 4.69) is 31.1 Å². The summed E-state index contributed by atoms with van der Waals surface area (Å²) >= 11 is 0. The van der Waals surface area contributed by atoms with Gasteiger partial charge in [-0.15, -0.1) is 0 Å². The molecule has 1 aromatic rings. The molecule has 0 aliphatic rings. The standard InChI is InChI=1S/C13H20N2O/c1-5-10(2)15(4)12-8-6-11(7-9-12)13(16)14-3/h6-10H,5H2,1-4H3,(H,14,16). The summed E-state index contributed by atoms with van der Waals surface area (Å²) in [6.45, 7) is 4.35. The zero-order chi connectivity index (χ0) is 12.1. The van der Waals surface area contributed by atoms with E-state index in [1.54, 1.807) is 7.05 Å². The van der Waals surface area contributed by atoms with Crippen LogP contribution in [0.15, 0.2) is 24.3 Å². The van der Waals surface area contributed by atoms with E-state index in [1.807, 2.05) is 24.3 Å². The van der Waals surface area contributed by atoms with Crippen LogP contribution in [0.5, 0.6) is 0 Å². The lowest BCUT2D eigenvalue weighted by Gasteiger charge is -2.26. The van der Waals surface area contributed by atoms with Crippen molar-refractivity contribution in [3.8, 4) is 0 Å². The maximum atomic E-state index is 11.4. The molecule has 3 heteroatoms. The van der Waals surface area contributed by atoms with Crippen LogP contribution < -0.4 is 10.2 Å². The lowest BCUT2D eigenvalue weighted by atomic mass is 10.1. The number of hydrogen-bond donors (Lipinski definition) is 1. The van der Waals surface area contributed by atoms with Gasteiger partial charge in [0.05, 0.1) is 0 Å². The molecular formula is C13H20N2O. The molecular weight excluding hydrogens is 200 g/mol. The second kappa shape index (κ2) is 5.54. The van der Waals surface area contributed by atoms with E-state index in [4.69, 9.17) is 0 Å². The minimum atomic E-state index is -0.0438. The Morgan fingerprint density at radius 3 is 2.38 bits per heavy atom. The predicted octanol–water partition coefficient (Wildman–Crippen LogP) is 2.28. The van der Waals surface area contributed by atoms with Crippen molar-refractivity contribution in [2.24, 2.45) is 0 Å². The summed E-state index contributed by atoms with van der Waals surface area (Å²) in [5, 5.41) is 2.61. The monoisotopic (exact) mass is 220 g/mol. The zero-order valence-corrected chi connectivity index (χ0v) is 10.4. The Morgan fingerprint density at radius 2 is 1.94 bits per heavy atom. The molecule has 3 nitrogen and oxygen atoms in total. The van der Waals surface area contributed by atoms with Gasteiger partial charge in [0, 0.05) is 31.4 Å². The molecule has 16 heavy (non-hydrogen) atoms. The molecule has 1 unspecified atom stereocenters. The Bertz CT molecular complexity index is 345.